The lowest BCUT2D eigenvalue weighted by molar-refractivity contribution is -0.255. The fourth-order valence-corrected chi connectivity index (χ4v) is 2.13. The third-order valence-electron chi connectivity index (χ3n) is 3.28. The standard InChI is InChI=1S/C16H20O5/c17-13-11-20-16(12-7-3-1-4-8-12)21-14(13)9-5-2-6-10-15(18)19/h1-5,7-8,13-14,16-17H,6,9-11H2,(H,18,19)/b5-2-/t13-,14+,16-/m1/s1. The molecule has 2 rings (SSSR count). The smallest absolute Gasteiger partial charge is 0.303 e. The molecule has 1 aromatic carbocycles. The van der Waals surface area contributed by atoms with Crippen LogP contribution in [0.25, 0.3) is 0 Å². The number of benzene rings is 1. The maximum atomic E-state index is 10.4. The fourth-order valence-electron chi connectivity index (χ4n) is 2.13. The number of aliphatic hydroxyl groups excluding tert-OH is 1. The Morgan fingerprint density at radius 3 is 2.76 bits per heavy atom. The van der Waals surface area contributed by atoms with E-state index in [1.807, 2.05) is 36.4 Å². The lowest BCUT2D eigenvalue weighted by Crippen LogP contribution is -2.40. The SMILES string of the molecule is O=C(O)CC/C=C\C[C@@H]1O[C@H](c2ccccc2)OC[C@H]1O. The van der Waals surface area contributed by atoms with Crippen LogP contribution in [0.5, 0.6) is 0 Å². The van der Waals surface area contributed by atoms with Gasteiger partial charge in [0, 0.05) is 12.0 Å². The molecule has 0 saturated carbocycles. The molecular weight excluding hydrogens is 272 g/mol. The lowest BCUT2D eigenvalue weighted by Gasteiger charge is -2.33. The van der Waals surface area contributed by atoms with Gasteiger partial charge in [0.05, 0.1) is 12.7 Å². The van der Waals surface area contributed by atoms with E-state index in [4.69, 9.17) is 14.6 Å². The zero-order valence-corrected chi connectivity index (χ0v) is 11.7. The Hall–Kier alpha value is -1.69. The van der Waals surface area contributed by atoms with Crippen LogP contribution in [0.2, 0.25) is 0 Å². The molecule has 1 aromatic rings. The Balaban J connectivity index is 1.85. The maximum absolute atomic E-state index is 10.4. The van der Waals surface area contributed by atoms with Crippen LogP contribution in [0, 0.1) is 0 Å². The summed E-state index contributed by atoms with van der Waals surface area (Å²) in [6, 6.07) is 9.58. The number of carboxylic acid groups (broad SMARTS) is 1. The monoisotopic (exact) mass is 292 g/mol. The van der Waals surface area contributed by atoms with Crippen molar-refractivity contribution in [2.75, 3.05) is 6.61 Å². The second-order valence-corrected chi connectivity index (χ2v) is 4.96. The summed E-state index contributed by atoms with van der Waals surface area (Å²) >= 11 is 0. The van der Waals surface area contributed by atoms with Crippen molar-refractivity contribution in [2.45, 2.75) is 37.8 Å². The van der Waals surface area contributed by atoms with Crippen LogP contribution in [0.3, 0.4) is 0 Å². The highest BCUT2D eigenvalue weighted by molar-refractivity contribution is 5.66. The lowest BCUT2D eigenvalue weighted by atomic mass is 10.1. The number of aliphatic hydroxyl groups is 1. The van der Waals surface area contributed by atoms with Gasteiger partial charge < -0.3 is 19.7 Å². The van der Waals surface area contributed by atoms with Crippen molar-refractivity contribution < 1.29 is 24.5 Å². The first-order valence-electron chi connectivity index (χ1n) is 7.03. The molecule has 21 heavy (non-hydrogen) atoms. The molecule has 1 saturated heterocycles. The van der Waals surface area contributed by atoms with Crippen LogP contribution >= 0.6 is 0 Å². The van der Waals surface area contributed by atoms with Gasteiger partial charge in [-0.3, -0.25) is 4.79 Å². The van der Waals surface area contributed by atoms with E-state index >= 15 is 0 Å². The molecule has 0 radical (unpaired) electrons. The molecule has 5 heteroatoms. The third kappa shape index (κ3) is 4.97. The van der Waals surface area contributed by atoms with Gasteiger partial charge in [0.2, 0.25) is 0 Å². The number of carboxylic acids is 1. The Morgan fingerprint density at radius 2 is 2.05 bits per heavy atom. The number of aliphatic carboxylic acids is 1. The Morgan fingerprint density at radius 1 is 1.29 bits per heavy atom. The predicted molar refractivity (Wildman–Crippen MR) is 76.6 cm³/mol. The molecule has 1 heterocycles. The van der Waals surface area contributed by atoms with Crippen LogP contribution in [0.4, 0.5) is 0 Å². The molecule has 1 aliphatic heterocycles. The largest absolute Gasteiger partial charge is 0.481 e. The summed E-state index contributed by atoms with van der Waals surface area (Å²) in [5.41, 5.74) is 0.921. The second kappa shape index (κ2) is 7.93. The maximum Gasteiger partial charge on any atom is 0.303 e. The van der Waals surface area contributed by atoms with Crippen LogP contribution < -0.4 is 0 Å². The Bertz CT molecular complexity index is 471. The molecular formula is C16H20O5. The molecule has 2 N–H and O–H groups in total. The summed E-state index contributed by atoms with van der Waals surface area (Å²) in [4.78, 5) is 10.4. The van der Waals surface area contributed by atoms with Crippen molar-refractivity contribution in [1.82, 2.24) is 0 Å². The average Bonchev–Trinajstić information content (AvgIpc) is 2.49. The van der Waals surface area contributed by atoms with E-state index in [0.29, 0.717) is 12.8 Å². The summed E-state index contributed by atoms with van der Waals surface area (Å²) in [7, 11) is 0. The van der Waals surface area contributed by atoms with Gasteiger partial charge in [0.15, 0.2) is 6.29 Å². The zero-order chi connectivity index (χ0) is 15.1. The zero-order valence-electron chi connectivity index (χ0n) is 11.7. The van der Waals surface area contributed by atoms with Crippen molar-refractivity contribution in [3.8, 4) is 0 Å². The highest BCUT2D eigenvalue weighted by Gasteiger charge is 2.30. The molecule has 1 aliphatic rings. The van der Waals surface area contributed by atoms with E-state index in [1.165, 1.54) is 0 Å². The van der Waals surface area contributed by atoms with Crippen molar-refractivity contribution in [1.29, 1.82) is 0 Å². The predicted octanol–water partition coefficient (Wildman–Crippen LogP) is 2.27. The molecule has 0 spiro atoms. The average molecular weight is 292 g/mol. The quantitative estimate of drug-likeness (QED) is 0.787. The molecule has 3 atom stereocenters. The van der Waals surface area contributed by atoms with Gasteiger partial charge in [-0.25, -0.2) is 0 Å². The Labute approximate surface area is 123 Å². The highest BCUT2D eigenvalue weighted by Crippen LogP contribution is 2.27. The number of hydrogen-bond acceptors (Lipinski definition) is 4. The molecule has 1 fully saturated rings. The van der Waals surface area contributed by atoms with Crippen LogP contribution in [0.1, 0.15) is 31.1 Å². The van der Waals surface area contributed by atoms with Gasteiger partial charge in [-0.05, 0) is 12.8 Å². The van der Waals surface area contributed by atoms with E-state index in [1.54, 1.807) is 6.08 Å². The first-order valence-corrected chi connectivity index (χ1v) is 7.03. The highest BCUT2D eigenvalue weighted by atomic mass is 16.7. The van der Waals surface area contributed by atoms with Gasteiger partial charge in [-0.15, -0.1) is 0 Å². The van der Waals surface area contributed by atoms with Gasteiger partial charge in [0.1, 0.15) is 6.10 Å². The minimum atomic E-state index is -0.814. The fraction of sp³-hybridized carbons (Fsp3) is 0.438. The van der Waals surface area contributed by atoms with E-state index in [9.17, 15) is 9.90 Å². The second-order valence-electron chi connectivity index (χ2n) is 4.96. The normalized spacial score (nSPS) is 26.0. The number of rotatable bonds is 6. The third-order valence-corrected chi connectivity index (χ3v) is 3.28. The Kier molecular flexibility index (Phi) is 5.92. The molecule has 0 unspecified atom stereocenters. The van der Waals surface area contributed by atoms with E-state index in [0.717, 1.165) is 5.56 Å². The number of allylic oxidation sites excluding steroid dienone is 1. The van der Waals surface area contributed by atoms with E-state index in [-0.39, 0.29) is 19.1 Å². The minimum absolute atomic E-state index is 0.111. The first kappa shape index (κ1) is 15.7. The van der Waals surface area contributed by atoms with Crippen molar-refractivity contribution >= 4 is 5.97 Å². The number of carbonyl (C=O) groups is 1. The molecule has 0 bridgehead atoms. The summed E-state index contributed by atoms with van der Waals surface area (Å²) in [6.07, 6.45) is 3.30. The number of ether oxygens (including phenoxy) is 2. The van der Waals surface area contributed by atoms with Gasteiger partial charge >= 0.3 is 5.97 Å². The molecule has 5 nitrogen and oxygen atoms in total. The van der Waals surface area contributed by atoms with Gasteiger partial charge in [-0.1, -0.05) is 42.5 Å². The van der Waals surface area contributed by atoms with Crippen LogP contribution in [-0.4, -0.2) is 35.0 Å². The van der Waals surface area contributed by atoms with Gasteiger partial charge in [0.25, 0.3) is 0 Å². The molecule has 0 aliphatic carbocycles. The molecule has 114 valence electrons. The minimum Gasteiger partial charge on any atom is -0.481 e. The summed E-state index contributed by atoms with van der Waals surface area (Å²) < 4.78 is 11.3. The molecule has 0 aromatic heterocycles. The van der Waals surface area contributed by atoms with Crippen molar-refractivity contribution in [3.05, 3.63) is 48.0 Å². The number of hydrogen-bond donors (Lipinski definition) is 2. The van der Waals surface area contributed by atoms with E-state index < -0.39 is 18.4 Å². The summed E-state index contributed by atoms with van der Waals surface area (Å²) in [6.45, 7) is 0.229. The van der Waals surface area contributed by atoms with Crippen molar-refractivity contribution in [2.24, 2.45) is 0 Å². The van der Waals surface area contributed by atoms with Crippen LogP contribution in [-0.2, 0) is 14.3 Å². The van der Waals surface area contributed by atoms with E-state index in [2.05, 4.69) is 0 Å². The van der Waals surface area contributed by atoms with Gasteiger partial charge in [-0.2, -0.15) is 0 Å². The summed E-state index contributed by atoms with van der Waals surface area (Å²) in [5, 5.41) is 18.4. The van der Waals surface area contributed by atoms with Crippen LogP contribution in [0.15, 0.2) is 42.5 Å². The first-order chi connectivity index (χ1) is 10.2. The topological polar surface area (TPSA) is 76.0 Å². The van der Waals surface area contributed by atoms with Crippen molar-refractivity contribution in [3.63, 3.8) is 0 Å². The molecule has 0 amide bonds. The summed E-state index contributed by atoms with van der Waals surface area (Å²) in [5.74, 6) is -0.814.